The second-order valence-corrected chi connectivity index (χ2v) is 8.58. The largest absolute Gasteiger partial charge is 0.416 e. The standard InChI is InChI=1S/C23H24F3N5O3/c1-11-6-12(2)8-15(7-11)27-20(33)16-10-17(32)29-19-18(16)21(34)31-22(30-19)28-14-5-3-4-13(9-14)23(24,25)26/h3-9,16,18-19,22,28,30H,10H2,1-2H3,(H,27,33)(H,29,32)(H,31,34). The minimum absolute atomic E-state index is 0.123. The number of fused-ring (bicyclic) bond motifs is 1. The molecule has 4 unspecified atom stereocenters. The number of anilines is 2. The molecule has 180 valence electrons. The van der Waals surface area contributed by atoms with Gasteiger partial charge in [-0.1, -0.05) is 12.1 Å². The van der Waals surface area contributed by atoms with E-state index in [1.165, 1.54) is 12.1 Å². The second kappa shape index (κ2) is 8.98. The van der Waals surface area contributed by atoms with Crippen molar-refractivity contribution in [1.82, 2.24) is 16.0 Å². The molecule has 0 saturated carbocycles. The third-order valence-electron chi connectivity index (χ3n) is 5.78. The van der Waals surface area contributed by atoms with Crippen LogP contribution in [0.2, 0.25) is 0 Å². The summed E-state index contributed by atoms with van der Waals surface area (Å²) in [5.41, 5.74) is 1.76. The van der Waals surface area contributed by atoms with E-state index in [0.29, 0.717) is 5.69 Å². The van der Waals surface area contributed by atoms with Crippen molar-refractivity contribution in [2.24, 2.45) is 11.8 Å². The van der Waals surface area contributed by atoms with Gasteiger partial charge in [0.15, 0.2) is 6.29 Å². The van der Waals surface area contributed by atoms with Gasteiger partial charge < -0.3 is 21.3 Å². The summed E-state index contributed by atoms with van der Waals surface area (Å²) in [4.78, 5) is 38.3. The molecule has 0 radical (unpaired) electrons. The van der Waals surface area contributed by atoms with E-state index in [4.69, 9.17) is 0 Å². The van der Waals surface area contributed by atoms with E-state index in [1.807, 2.05) is 19.9 Å². The number of benzene rings is 2. The number of hydrogen-bond donors (Lipinski definition) is 5. The van der Waals surface area contributed by atoms with E-state index in [0.717, 1.165) is 23.3 Å². The fourth-order valence-corrected chi connectivity index (χ4v) is 4.39. The van der Waals surface area contributed by atoms with E-state index >= 15 is 0 Å². The summed E-state index contributed by atoms with van der Waals surface area (Å²) in [5.74, 6) is -3.21. The summed E-state index contributed by atoms with van der Waals surface area (Å²) in [5, 5.41) is 13.8. The van der Waals surface area contributed by atoms with Gasteiger partial charge in [-0.05, 0) is 55.3 Å². The van der Waals surface area contributed by atoms with Crippen molar-refractivity contribution in [2.75, 3.05) is 10.6 Å². The van der Waals surface area contributed by atoms with Gasteiger partial charge in [0, 0.05) is 17.8 Å². The predicted octanol–water partition coefficient (Wildman–Crippen LogP) is 2.45. The Bertz CT molecular complexity index is 1120. The van der Waals surface area contributed by atoms with Crippen molar-refractivity contribution >= 4 is 29.1 Å². The van der Waals surface area contributed by atoms with Gasteiger partial charge in [-0.3, -0.25) is 19.7 Å². The molecule has 5 N–H and O–H groups in total. The lowest BCUT2D eigenvalue weighted by Gasteiger charge is -2.43. The molecule has 8 nitrogen and oxygen atoms in total. The summed E-state index contributed by atoms with van der Waals surface area (Å²) >= 11 is 0. The Morgan fingerprint density at radius 3 is 2.38 bits per heavy atom. The Labute approximate surface area is 193 Å². The van der Waals surface area contributed by atoms with Crippen LogP contribution in [0.4, 0.5) is 24.5 Å². The highest BCUT2D eigenvalue weighted by Gasteiger charge is 2.48. The highest BCUT2D eigenvalue weighted by atomic mass is 19.4. The van der Waals surface area contributed by atoms with E-state index in [2.05, 4.69) is 26.6 Å². The maximum absolute atomic E-state index is 13.0. The highest BCUT2D eigenvalue weighted by Crippen LogP contribution is 2.31. The van der Waals surface area contributed by atoms with Crippen LogP contribution in [0.5, 0.6) is 0 Å². The first kappa shape index (κ1) is 23.6. The number of nitrogens with one attached hydrogen (secondary N) is 5. The van der Waals surface area contributed by atoms with Crippen molar-refractivity contribution in [3.8, 4) is 0 Å². The lowest BCUT2D eigenvalue weighted by atomic mass is 9.81. The Morgan fingerprint density at radius 1 is 1.00 bits per heavy atom. The molecule has 2 aromatic rings. The van der Waals surface area contributed by atoms with Gasteiger partial charge in [0.1, 0.15) is 0 Å². The fraction of sp³-hybridized carbons (Fsp3) is 0.348. The fourth-order valence-electron chi connectivity index (χ4n) is 4.39. The molecular weight excluding hydrogens is 451 g/mol. The molecule has 4 atom stereocenters. The molecule has 2 aliphatic rings. The smallest absolute Gasteiger partial charge is 0.353 e. The molecule has 34 heavy (non-hydrogen) atoms. The zero-order valence-electron chi connectivity index (χ0n) is 18.4. The van der Waals surface area contributed by atoms with Gasteiger partial charge in [0.2, 0.25) is 17.7 Å². The summed E-state index contributed by atoms with van der Waals surface area (Å²) in [7, 11) is 0. The first-order chi connectivity index (χ1) is 16.0. The van der Waals surface area contributed by atoms with Crippen molar-refractivity contribution in [3.05, 3.63) is 59.2 Å². The van der Waals surface area contributed by atoms with Crippen LogP contribution in [0, 0.1) is 25.7 Å². The van der Waals surface area contributed by atoms with Crippen LogP contribution in [-0.4, -0.2) is 30.2 Å². The summed E-state index contributed by atoms with van der Waals surface area (Å²) in [6.07, 6.45) is -6.52. The maximum Gasteiger partial charge on any atom is 0.416 e. The molecule has 2 fully saturated rings. The van der Waals surface area contributed by atoms with Crippen LogP contribution in [0.15, 0.2) is 42.5 Å². The number of carbonyl (C=O) groups is 3. The van der Waals surface area contributed by atoms with Crippen LogP contribution >= 0.6 is 0 Å². The molecule has 2 saturated heterocycles. The van der Waals surface area contributed by atoms with Crippen molar-refractivity contribution in [1.29, 1.82) is 0 Å². The molecule has 0 aliphatic carbocycles. The van der Waals surface area contributed by atoms with Gasteiger partial charge in [0.25, 0.3) is 0 Å². The van der Waals surface area contributed by atoms with Crippen LogP contribution in [0.1, 0.15) is 23.1 Å². The third kappa shape index (κ3) is 5.14. The predicted molar refractivity (Wildman–Crippen MR) is 118 cm³/mol. The minimum atomic E-state index is -4.51. The van der Waals surface area contributed by atoms with Crippen molar-refractivity contribution in [3.63, 3.8) is 0 Å². The van der Waals surface area contributed by atoms with Gasteiger partial charge in [0.05, 0.1) is 23.6 Å². The molecule has 4 rings (SSSR count). The lowest BCUT2D eigenvalue weighted by Crippen LogP contribution is -2.72. The molecule has 2 aliphatic heterocycles. The number of amides is 3. The number of rotatable bonds is 4. The topological polar surface area (TPSA) is 111 Å². The molecule has 0 spiro atoms. The molecule has 3 amide bonds. The van der Waals surface area contributed by atoms with E-state index in [1.54, 1.807) is 12.1 Å². The average Bonchev–Trinajstić information content (AvgIpc) is 2.71. The SMILES string of the molecule is Cc1cc(C)cc(NC(=O)C2CC(=O)NC3NC(Nc4cccc(C(F)(F)F)c4)NC(=O)C32)c1. The molecule has 2 heterocycles. The molecule has 11 heteroatoms. The lowest BCUT2D eigenvalue weighted by molar-refractivity contribution is -0.144. The number of carbonyl (C=O) groups excluding carboxylic acids is 3. The van der Waals surface area contributed by atoms with Gasteiger partial charge in [-0.2, -0.15) is 13.2 Å². The second-order valence-electron chi connectivity index (χ2n) is 8.58. The van der Waals surface area contributed by atoms with Gasteiger partial charge in [-0.15, -0.1) is 0 Å². The van der Waals surface area contributed by atoms with Crippen molar-refractivity contribution in [2.45, 2.75) is 38.9 Å². The summed E-state index contributed by atoms with van der Waals surface area (Å²) in [6, 6.07) is 10.1. The monoisotopic (exact) mass is 475 g/mol. The van der Waals surface area contributed by atoms with E-state index in [9.17, 15) is 27.6 Å². The Balaban J connectivity index is 1.48. The molecule has 0 aromatic heterocycles. The number of hydrogen-bond acceptors (Lipinski definition) is 5. The van der Waals surface area contributed by atoms with E-state index < -0.39 is 53.8 Å². The molecule has 2 aromatic carbocycles. The quantitative estimate of drug-likeness (QED) is 0.467. The Kier molecular flexibility index (Phi) is 6.22. The zero-order valence-corrected chi connectivity index (χ0v) is 18.4. The first-order valence-corrected chi connectivity index (χ1v) is 10.7. The maximum atomic E-state index is 13.0. The van der Waals surface area contributed by atoms with Gasteiger partial charge in [-0.25, -0.2) is 0 Å². The van der Waals surface area contributed by atoms with E-state index in [-0.39, 0.29) is 12.1 Å². The van der Waals surface area contributed by atoms with Crippen molar-refractivity contribution < 1.29 is 27.6 Å². The highest BCUT2D eigenvalue weighted by molar-refractivity contribution is 6.00. The average molecular weight is 475 g/mol. The van der Waals surface area contributed by atoms with Crippen LogP contribution in [0.25, 0.3) is 0 Å². The normalized spacial score (nSPS) is 24.5. The molecular formula is C23H24F3N5O3. The minimum Gasteiger partial charge on any atom is -0.353 e. The number of alkyl halides is 3. The Morgan fingerprint density at radius 2 is 1.71 bits per heavy atom. The summed E-state index contributed by atoms with van der Waals surface area (Å²) < 4.78 is 39.0. The number of halogens is 3. The first-order valence-electron chi connectivity index (χ1n) is 10.7. The Hall–Kier alpha value is -3.60. The zero-order chi connectivity index (χ0) is 24.6. The number of piperidine rings is 1. The molecule has 0 bridgehead atoms. The van der Waals surface area contributed by atoms with Gasteiger partial charge >= 0.3 is 6.18 Å². The summed E-state index contributed by atoms with van der Waals surface area (Å²) in [6.45, 7) is 3.78. The third-order valence-corrected chi connectivity index (χ3v) is 5.78. The van der Waals surface area contributed by atoms with Crippen LogP contribution in [0.3, 0.4) is 0 Å². The van der Waals surface area contributed by atoms with Crippen LogP contribution in [-0.2, 0) is 20.6 Å². The van der Waals surface area contributed by atoms with Crippen LogP contribution < -0.4 is 26.6 Å². The number of aryl methyl sites for hydroxylation is 2.